The summed E-state index contributed by atoms with van der Waals surface area (Å²) in [6.45, 7) is 0.358. The lowest BCUT2D eigenvalue weighted by Crippen LogP contribution is -2.41. The molecule has 5 nitrogen and oxygen atoms in total. The molecule has 104 valence electrons. The fourth-order valence-electron chi connectivity index (χ4n) is 2.04. The van der Waals surface area contributed by atoms with E-state index in [9.17, 15) is 9.59 Å². The van der Waals surface area contributed by atoms with Crippen molar-refractivity contribution in [1.82, 2.24) is 4.90 Å². The Bertz CT molecular complexity index is 449. The molecule has 0 spiro atoms. The lowest BCUT2D eigenvalue weighted by molar-refractivity contribution is -0.147. The van der Waals surface area contributed by atoms with Gasteiger partial charge < -0.3 is 14.7 Å². The molecule has 0 radical (unpaired) electrons. The molecule has 1 fully saturated rings. The highest BCUT2D eigenvalue weighted by molar-refractivity contribution is 8.01. The predicted octanol–water partition coefficient (Wildman–Crippen LogP) is 1.54. The number of amides is 1. The zero-order valence-corrected chi connectivity index (χ0v) is 12.1. The quantitative estimate of drug-likeness (QED) is 0.836. The number of carboxylic acids is 1. The lowest BCUT2D eigenvalue weighted by Gasteiger charge is -2.20. The summed E-state index contributed by atoms with van der Waals surface area (Å²) in [6, 6.07) is 3.11. The summed E-state index contributed by atoms with van der Waals surface area (Å²) in [5, 5.41) is 11.1. The standard InChI is InChI=1S/C12H15NO4S2/c1-17-8-5-9(12(15)16)13(6-8)10(14)7-19-11-3-2-4-18-11/h2-4,8-9H,5-7H2,1H3,(H,15,16). The first-order valence-corrected chi connectivity index (χ1v) is 7.69. The molecule has 0 bridgehead atoms. The third-order valence-corrected chi connectivity index (χ3v) is 5.15. The van der Waals surface area contributed by atoms with Crippen LogP contribution in [0.4, 0.5) is 0 Å². The number of ether oxygens (including phenoxy) is 1. The number of carboxylic acid groups (broad SMARTS) is 1. The Morgan fingerprint density at radius 2 is 2.42 bits per heavy atom. The van der Waals surface area contributed by atoms with Gasteiger partial charge in [0.1, 0.15) is 6.04 Å². The molecule has 0 aromatic carbocycles. The van der Waals surface area contributed by atoms with Crippen LogP contribution < -0.4 is 0 Å². The van der Waals surface area contributed by atoms with Crippen LogP contribution in [0.5, 0.6) is 0 Å². The number of carbonyl (C=O) groups excluding carboxylic acids is 1. The minimum Gasteiger partial charge on any atom is -0.480 e. The molecule has 2 rings (SSSR count). The number of nitrogens with zero attached hydrogens (tertiary/aromatic N) is 1. The predicted molar refractivity (Wildman–Crippen MR) is 73.6 cm³/mol. The average Bonchev–Trinajstić information content (AvgIpc) is 3.04. The molecule has 2 unspecified atom stereocenters. The fourth-order valence-corrected chi connectivity index (χ4v) is 3.71. The van der Waals surface area contributed by atoms with Crippen LogP contribution in [0, 0.1) is 0 Å². The van der Waals surface area contributed by atoms with Gasteiger partial charge in [-0.3, -0.25) is 4.79 Å². The highest BCUT2D eigenvalue weighted by Gasteiger charge is 2.39. The van der Waals surface area contributed by atoms with Crippen molar-refractivity contribution in [1.29, 1.82) is 0 Å². The maximum absolute atomic E-state index is 12.1. The van der Waals surface area contributed by atoms with Crippen molar-refractivity contribution in [2.45, 2.75) is 22.8 Å². The molecule has 2 heterocycles. The number of thioether (sulfide) groups is 1. The largest absolute Gasteiger partial charge is 0.480 e. The van der Waals surface area contributed by atoms with E-state index in [0.717, 1.165) is 4.21 Å². The zero-order chi connectivity index (χ0) is 13.8. The first kappa shape index (κ1) is 14.4. The SMILES string of the molecule is COC1CC(C(=O)O)N(C(=O)CSc2cccs2)C1. The smallest absolute Gasteiger partial charge is 0.326 e. The second-order valence-corrected chi connectivity index (χ2v) is 6.44. The van der Waals surface area contributed by atoms with Gasteiger partial charge in [0.05, 0.1) is 16.1 Å². The Kier molecular flexibility index (Phi) is 4.84. The molecule has 0 aliphatic carbocycles. The van der Waals surface area contributed by atoms with Crippen molar-refractivity contribution in [2.75, 3.05) is 19.4 Å². The highest BCUT2D eigenvalue weighted by Crippen LogP contribution is 2.26. The summed E-state index contributed by atoms with van der Waals surface area (Å²) in [6.07, 6.45) is 0.179. The normalized spacial score (nSPS) is 22.7. The number of methoxy groups -OCH3 is 1. The van der Waals surface area contributed by atoms with E-state index in [-0.39, 0.29) is 17.8 Å². The van der Waals surface area contributed by atoms with Crippen LogP contribution in [0.25, 0.3) is 0 Å². The van der Waals surface area contributed by atoms with Gasteiger partial charge in [0.25, 0.3) is 0 Å². The summed E-state index contributed by atoms with van der Waals surface area (Å²) in [5.41, 5.74) is 0. The van der Waals surface area contributed by atoms with Gasteiger partial charge in [-0.05, 0) is 11.4 Å². The molecule has 1 saturated heterocycles. The minimum atomic E-state index is -0.964. The Hall–Kier alpha value is -1.05. The van der Waals surface area contributed by atoms with E-state index < -0.39 is 12.0 Å². The van der Waals surface area contributed by atoms with Crippen molar-refractivity contribution in [2.24, 2.45) is 0 Å². The molecule has 7 heteroatoms. The van der Waals surface area contributed by atoms with E-state index in [2.05, 4.69) is 0 Å². The van der Waals surface area contributed by atoms with Gasteiger partial charge in [-0.2, -0.15) is 0 Å². The van der Waals surface area contributed by atoms with Gasteiger partial charge in [-0.15, -0.1) is 23.1 Å². The van der Waals surface area contributed by atoms with Crippen molar-refractivity contribution >= 4 is 35.0 Å². The van der Waals surface area contributed by atoms with E-state index in [1.165, 1.54) is 23.8 Å². The van der Waals surface area contributed by atoms with Crippen LogP contribution in [0.3, 0.4) is 0 Å². The number of hydrogen-bond donors (Lipinski definition) is 1. The number of rotatable bonds is 5. The van der Waals surface area contributed by atoms with Crippen LogP contribution in [-0.4, -0.2) is 53.4 Å². The first-order chi connectivity index (χ1) is 9.11. The molecule has 19 heavy (non-hydrogen) atoms. The topological polar surface area (TPSA) is 66.8 Å². The number of thiophene rings is 1. The molecule has 1 aromatic heterocycles. The lowest BCUT2D eigenvalue weighted by atomic mass is 10.2. The van der Waals surface area contributed by atoms with E-state index in [1.54, 1.807) is 11.3 Å². The van der Waals surface area contributed by atoms with E-state index in [0.29, 0.717) is 13.0 Å². The minimum absolute atomic E-state index is 0.148. The van der Waals surface area contributed by atoms with Crippen molar-refractivity contribution in [3.05, 3.63) is 17.5 Å². The molecule has 1 aliphatic heterocycles. The second kappa shape index (κ2) is 6.40. The fraction of sp³-hybridized carbons (Fsp3) is 0.500. The summed E-state index contributed by atoms with van der Waals surface area (Å²) >= 11 is 3.01. The average molecular weight is 301 g/mol. The molecule has 1 N–H and O–H groups in total. The van der Waals surface area contributed by atoms with E-state index in [4.69, 9.17) is 9.84 Å². The first-order valence-electron chi connectivity index (χ1n) is 5.83. The number of aliphatic carboxylic acids is 1. The maximum atomic E-state index is 12.1. The van der Waals surface area contributed by atoms with Gasteiger partial charge in [0.2, 0.25) is 5.91 Å². The Morgan fingerprint density at radius 1 is 1.63 bits per heavy atom. The molecular weight excluding hydrogens is 286 g/mol. The van der Waals surface area contributed by atoms with Crippen LogP contribution in [0.2, 0.25) is 0 Å². The zero-order valence-electron chi connectivity index (χ0n) is 10.4. The Morgan fingerprint density at radius 3 is 3.00 bits per heavy atom. The second-order valence-electron chi connectivity index (χ2n) is 4.21. The summed E-state index contributed by atoms with van der Waals surface area (Å²) < 4.78 is 6.22. The third kappa shape index (κ3) is 3.49. The number of likely N-dealkylation sites (tertiary alicyclic amines) is 1. The van der Waals surface area contributed by atoms with Crippen molar-refractivity contribution in [3.8, 4) is 0 Å². The number of hydrogen-bond acceptors (Lipinski definition) is 5. The van der Waals surface area contributed by atoms with Crippen LogP contribution in [0.1, 0.15) is 6.42 Å². The summed E-state index contributed by atoms with van der Waals surface area (Å²) in [4.78, 5) is 24.7. The molecule has 1 amide bonds. The van der Waals surface area contributed by atoms with Crippen molar-refractivity contribution in [3.63, 3.8) is 0 Å². The van der Waals surface area contributed by atoms with Gasteiger partial charge in [-0.25, -0.2) is 4.79 Å². The maximum Gasteiger partial charge on any atom is 0.326 e. The molecule has 2 atom stereocenters. The van der Waals surface area contributed by atoms with Crippen LogP contribution in [-0.2, 0) is 14.3 Å². The van der Waals surface area contributed by atoms with Gasteiger partial charge in [0.15, 0.2) is 0 Å². The van der Waals surface area contributed by atoms with Crippen LogP contribution in [0.15, 0.2) is 21.7 Å². The van der Waals surface area contributed by atoms with Crippen LogP contribution >= 0.6 is 23.1 Å². The molecule has 1 aromatic rings. The van der Waals surface area contributed by atoms with Gasteiger partial charge in [0, 0.05) is 20.1 Å². The summed E-state index contributed by atoms with van der Waals surface area (Å²) in [5.74, 6) is -0.847. The van der Waals surface area contributed by atoms with E-state index in [1.807, 2.05) is 17.5 Å². The van der Waals surface area contributed by atoms with Gasteiger partial charge >= 0.3 is 5.97 Å². The van der Waals surface area contributed by atoms with Gasteiger partial charge in [-0.1, -0.05) is 6.07 Å². The Balaban J connectivity index is 1.94. The molecule has 0 saturated carbocycles. The monoisotopic (exact) mass is 301 g/mol. The molecular formula is C12H15NO4S2. The van der Waals surface area contributed by atoms with Crippen molar-refractivity contribution < 1.29 is 19.4 Å². The Labute approximate surface area is 119 Å². The highest BCUT2D eigenvalue weighted by atomic mass is 32.2. The third-order valence-electron chi connectivity index (χ3n) is 3.03. The number of carbonyl (C=O) groups is 2. The summed E-state index contributed by atoms with van der Waals surface area (Å²) in [7, 11) is 1.54. The molecule has 1 aliphatic rings. The van der Waals surface area contributed by atoms with E-state index >= 15 is 0 Å².